The van der Waals surface area contributed by atoms with Gasteiger partial charge in [0.2, 0.25) is 0 Å². The first-order valence-electron chi connectivity index (χ1n) is 7.22. The Morgan fingerprint density at radius 1 is 1.30 bits per heavy atom. The van der Waals surface area contributed by atoms with Gasteiger partial charge in [0, 0.05) is 11.6 Å². The molecule has 0 aliphatic heterocycles. The minimum absolute atomic E-state index is 0. The molecule has 1 saturated carbocycles. The van der Waals surface area contributed by atoms with Gasteiger partial charge in [-0.05, 0) is 48.9 Å². The van der Waals surface area contributed by atoms with Crippen molar-refractivity contribution in [2.45, 2.75) is 45.1 Å². The first-order valence-corrected chi connectivity index (χ1v) is 7.22. The average Bonchev–Trinajstić information content (AvgIpc) is 2.86. The molecule has 2 atom stereocenters. The summed E-state index contributed by atoms with van der Waals surface area (Å²) in [5.41, 5.74) is 7.74. The lowest BCUT2D eigenvalue weighted by molar-refractivity contribution is 0.0929. The second-order valence-corrected chi connectivity index (χ2v) is 5.78. The Labute approximate surface area is 127 Å². The standard InChI is InChI=1S/C16H24N2O.ClH/c1-11(2)12-6-8-13(9-7-12)16(19)18-15-5-3-4-14(15)10-17;/h6-9,11,14-15H,3-5,10,17H2,1-2H3,(H,18,19);1H. The molecule has 0 spiro atoms. The Hall–Kier alpha value is -1.06. The zero-order valence-corrected chi connectivity index (χ0v) is 13.1. The minimum atomic E-state index is 0. The Balaban J connectivity index is 0.00000200. The van der Waals surface area contributed by atoms with E-state index < -0.39 is 0 Å². The van der Waals surface area contributed by atoms with Crippen molar-refractivity contribution in [2.75, 3.05) is 6.54 Å². The summed E-state index contributed by atoms with van der Waals surface area (Å²) in [5.74, 6) is 0.966. The quantitative estimate of drug-likeness (QED) is 0.897. The maximum atomic E-state index is 12.2. The number of rotatable bonds is 4. The Morgan fingerprint density at radius 2 is 1.95 bits per heavy atom. The molecule has 3 N–H and O–H groups in total. The number of carbonyl (C=O) groups excluding carboxylic acids is 1. The fourth-order valence-electron chi connectivity index (χ4n) is 2.78. The van der Waals surface area contributed by atoms with Gasteiger partial charge < -0.3 is 11.1 Å². The molecule has 1 aliphatic carbocycles. The SMILES string of the molecule is CC(C)c1ccc(C(=O)NC2CCCC2CN)cc1.Cl. The van der Waals surface area contributed by atoms with Crippen molar-refractivity contribution in [3.8, 4) is 0 Å². The van der Waals surface area contributed by atoms with Crippen LogP contribution in [0.2, 0.25) is 0 Å². The molecule has 4 heteroatoms. The second-order valence-electron chi connectivity index (χ2n) is 5.78. The van der Waals surface area contributed by atoms with Gasteiger partial charge >= 0.3 is 0 Å². The van der Waals surface area contributed by atoms with E-state index in [0.29, 0.717) is 18.4 Å². The molecule has 112 valence electrons. The summed E-state index contributed by atoms with van der Waals surface area (Å²) in [6.07, 6.45) is 3.35. The molecule has 0 aromatic heterocycles. The molecule has 1 aromatic rings. The van der Waals surface area contributed by atoms with Gasteiger partial charge in [0.1, 0.15) is 0 Å². The number of hydrogen-bond donors (Lipinski definition) is 2. The summed E-state index contributed by atoms with van der Waals surface area (Å²) >= 11 is 0. The summed E-state index contributed by atoms with van der Waals surface area (Å²) in [4.78, 5) is 12.2. The van der Waals surface area contributed by atoms with Crippen molar-refractivity contribution >= 4 is 18.3 Å². The average molecular weight is 297 g/mol. The molecule has 1 aliphatic rings. The van der Waals surface area contributed by atoms with Crippen LogP contribution in [-0.4, -0.2) is 18.5 Å². The number of halogens is 1. The van der Waals surface area contributed by atoms with E-state index >= 15 is 0 Å². The zero-order chi connectivity index (χ0) is 13.8. The van der Waals surface area contributed by atoms with E-state index in [9.17, 15) is 4.79 Å². The van der Waals surface area contributed by atoms with Gasteiger partial charge in [0.25, 0.3) is 5.91 Å². The number of carbonyl (C=O) groups is 1. The number of nitrogens with two attached hydrogens (primary N) is 1. The Morgan fingerprint density at radius 3 is 2.50 bits per heavy atom. The van der Waals surface area contributed by atoms with Crippen LogP contribution in [0.25, 0.3) is 0 Å². The third kappa shape index (κ3) is 3.97. The van der Waals surface area contributed by atoms with Crippen molar-refractivity contribution in [1.82, 2.24) is 5.32 Å². The first kappa shape index (κ1) is 17.0. The predicted octanol–water partition coefficient (Wildman–Crippen LogP) is 3.09. The van der Waals surface area contributed by atoms with E-state index in [0.717, 1.165) is 18.4 Å². The molecule has 0 heterocycles. The maximum absolute atomic E-state index is 12.2. The highest BCUT2D eigenvalue weighted by Crippen LogP contribution is 2.25. The highest BCUT2D eigenvalue weighted by Gasteiger charge is 2.27. The highest BCUT2D eigenvalue weighted by atomic mass is 35.5. The lowest BCUT2D eigenvalue weighted by Gasteiger charge is -2.19. The van der Waals surface area contributed by atoms with Crippen LogP contribution in [0.15, 0.2) is 24.3 Å². The van der Waals surface area contributed by atoms with Gasteiger partial charge in [-0.15, -0.1) is 12.4 Å². The van der Waals surface area contributed by atoms with E-state index in [-0.39, 0.29) is 24.4 Å². The summed E-state index contributed by atoms with van der Waals surface area (Å²) in [6, 6.07) is 8.15. The van der Waals surface area contributed by atoms with Gasteiger partial charge in [-0.3, -0.25) is 4.79 Å². The number of hydrogen-bond acceptors (Lipinski definition) is 2. The van der Waals surface area contributed by atoms with Crippen molar-refractivity contribution in [3.05, 3.63) is 35.4 Å². The second kappa shape index (κ2) is 7.65. The zero-order valence-electron chi connectivity index (χ0n) is 12.3. The molecule has 20 heavy (non-hydrogen) atoms. The Bertz CT molecular complexity index is 431. The van der Waals surface area contributed by atoms with Crippen LogP contribution in [-0.2, 0) is 0 Å². The highest BCUT2D eigenvalue weighted by molar-refractivity contribution is 5.94. The van der Waals surface area contributed by atoms with Gasteiger partial charge in [-0.1, -0.05) is 32.4 Å². The monoisotopic (exact) mass is 296 g/mol. The van der Waals surface area contributed by atoms with Crippen molar-refractivity contribution < 1.29 is 4.79 Å². The maximum Gasteiger partial charge on any atom is 0.251 e. The van der Waals surface area contributed by atoms with Crippen molar-refractivity contribution in [2.24, 2.45) is 11.7 Å². The fraction of sp³-hybridized carbons (Fsp3) is 0.562. The molecule has 1 aromatic carbocycles. The molecule has 0 bridgehead atoms. The van der Waals surface area contributed by atoms with Crippen LogP contribution < -0.4 is 11.1 Å². The fourth-order valence-corrected chi connectivity index (χ4v) is 2.78. The van der Waals surface area contributed by atoms with E-state index in [1.165, 1.54) is 12.0 Å². The predicted molar refractivity (Wildman–Crippen MR) is 85.4 cm³/mol. The summed E-state index contributed by atoms with van der Waals surface area (Å²) in [5, 5.41) is 3.13. The molecule has 2 unspecified atom stereocenters. The van der Waals surface area contributed by atoms with Crippen molar-refractivity contribution in [1.29, 1.82) is 0 Å². The largest absolute Gasteiger partial charge is 0.349 e. The molecular weight excluding hydrogens is 272 g/mol. The summed E-state index contributed by atoms with van der Waals surface area (Å²) in [6.45, 7) is 4.97. The van der Waals surface area contributed by atoms with Crippen molar-refractivity contribution in [3.63, 3.8) is 0 Å². The molecule has 0 radical (unpaired) electrons. The van der Waals surface area contributed by atoms with Gasteiger partial charge in [-0.25, -0.2) is 0 Å². The summed E-state index contributed by atoms with van der Waals surface area (Å²) < 4.78 is 0. The van der Waals surface area contributed by atoms with Crippen LogP contribution in [0, 0.1) is 5.92 Å². The molecule has 1 amide bonds. The normalized spacial score (nSPS) is 21.6. The third-order valence-corrected chi connectivity index (χ3v) is 4.12. The van der Waals surface area contributed by atoms with Crippen LogP contribution in [0.3, 0.4) is 0 Å². The van der Waals surface area contributed by atoms with Crippen LogP contribution in [0.1, 0.15) is 54.9 Å². The number of amides is 1. The van der Waals surface area contributed by atoms with E-state index in [1.54, 1.807) is 0 Å². The van der Waals surface area contributed by atoms with Crippen LogP contribution in [0.5, 0.6) is 0 Å². The smallest absolute Gasteiger partial charge is 0.251 e. The number of benzene rings is 1. The minimum Gasteiger partial charge on any atom is -0.349 e. The first-order chi connectivity index (χ1) is 9.11. The topological polar surface area (TPSA) is 55.1 Å². The van der Waals surface area contributed by atoms with Gasteiger partial charge in [0.15, 0.2) is 0 Å². The molecular formula is C16H25ClN2O. The van der Waals surface area contributed by atoms with E-state index in [1.807, 2.05) is 24.3 Å². The van der Waals surface area contributed by atoms with Crippen LogP contribution in [0.4, 0.5) is 0 Å². The van der Waals surface area contributed by atoms with E-state index in [2.05, 4.69) is 19.2 Å². The molecule has 2 rings (SSSR count). The molecule has 3 nitrogen and oxygen atoms in total. The number of nitrogens with one attached hydrogen (secondary N) is 1. The third-order valence-electron chi connectivity index (χ3n) is 4.12. The lowest BCUT2D eigenvalue weighted by atomic mass is 10.0. The molecule has 1 fully saturated rings. The van der Waals surface area contributed by atoms with E-state index in [4.69, 9.17) is 5.73 Å². The summed E-state index contributed by atoms with van der Waals surface area (Å²) in [7, 11) is 0. The van der Waals surface area contributed by atoms with Crippen LogP contribution >= 0.6 is 12.4 Å². The Kier molecular flexibility index (Phi) is 6.50. The lowest BCUT2D eigenvalue weighted by Crippen LogP contribution is -2.39. The molecule has 0 saturated heterocycles. The van der Waals surface area contributed by atoms with Gasteiger partial charge in [0.05, 0.1) is 0 Å². The van der Waals surface area contributed by atoms with Gasteiger partial charge in [-0.2, -0.15) is 0 Å².